The fourth-order valence-corrected chi connectivity index (χ4v) is 1.94. The SMILES string of the molecule is CCc1cccc(O)c1C(=O)c1ccccc1O. The van der Waals surface area contributed by atoms with E-state index in [2.05, 4.69) is 0 Å². The number of ketones is 1. The minimum atomic E-state index is -0.358. The van der Waals surface area contributed by atoms with Crippen LogP contribution in [0.5, 0.6) is 11.5 Å². The molecule has 3 heteroatoms. The molecule has 0 aliphatic carbocycles. The molecule has 0 aliphatic rings. The Morgan fingerprint density at radius 1 is 1.00 bits per heavy atom. The summed E-state index contributed by atoms with van der Waals surface area (Å²) in [6.07, 6.45) is 0.642. The Balaban J connectivity index is 2.56. The lowest BCUT2D eigenvalue weighted by molar-refractivity contribution is 0.103. The zero-order valence-corrected chi connectivity index (χ0v) is 10.1. The Bertz CT molecular complexity index is 588. The first-order chi connectivity index (χ1) is 8.65. The number of phenolic OH excluding ortho intramolecular Hbond substituents is 2. The maximum absolute atomic E-state index is 12.3. The minimum absolute atomic E-state index is 0.0531. The Kier molecular flexibility index (Phi) is 3.33. The summed E-state index contributed by atoms with van der Waals surface area (Å²) >= 11 is 0. The topological polar surface area (TPSA) is 57.5 Å². The van der Waals surface area contributed by atoms with E-state index in [1.807, 2.05) is 6.92 Å². The highest BCUT2D eigenvalue weighted by atomic mass is 16.3. The van der Waals surface area contributed by atoms with Gasteiger partial charge in [-0.05, 0) is 30.2 Å². The van der Waals surface area contributed by atoms with Gasteiger partial charge in [0.15, 0.2) is 0 Å². The van der Waals surface area contributed by atoms with Crippen molar-refractivity contribution < 1.29 is 15.0 Å². The summed E-state index contributed by atoms with van der Waals surface area (Å²) in [6, 6.07) is 11.3. The molecule has 18 heavy (non-hydrogen) atoms. The van der Waals surface area contributed by atoms with Crippen molar-refractivity contribution >= 4 is 5.78 Å². The maximum atomic E-state index is 12.3. The summed E-state index contributed by atoms with van der Waals surface area (Å²) < 4.78 is 0. The summed E-state index contributed by atoms with van der Waals surface area (Å²) in [5, 5.41) is 19.5. The van der Waals surface area contributed by atoms with Crippen LogP contribution < -0.4 is 0 Å². The van der Waals surface area contributed by atoms with Gasteiger partial charge in [0.1, 0.15) is 11.5 Å². The average Bonchev–Trinajstić information content (AvgIpc) is 2.38. The average molecular weight is 242 g/mol. The van der Waals surface area contributed by atoms with Gasteiger partial charge in [-0.2, -0.15) is 0 Å². The normalized spacial score (nSPS) is 10.3. The van der Waals surface area contributed by atoms with Crippen LogP contribution in [0.4, 0.5) is 0 Å². The molecule has 0 saturated heterocycles. The molecule has 0 spiro atoms. The Morgan fingerprint density at radius 3 is 2.33 bits per heavy atom. The molecule has 92 valence electrons. The number of benzene rings is 2. The van der Waals surface area contributed by atoms with Gasteiger partial charge in [-0.3, -0.25) is 4.79 Å². The molecule has 2 N–H and O–H groups in total. The van der Waals surface area contributed by atoms with Gasteiger partial charge < -0.3 is 10.2 Å². The molecule has 2 aromatic rings. The molecule has 0 aromatic heterocycles. The Labute approximate surface area is 105 Å². The van der Waals surface area contributed by atoms with Gasteiger partial charge in [-0.15, -0.1) is 0 Å². The first kappa shape index (κ1) is 12.2. The van der Waals surface area contributed by atoms with Crippen LogP contribution in [0, 0.1) is 0 Å². The van der Waals surface area contributed by atoms with E-state index in [-0.39, 0.29) is 28.4 Å². The van der Waals surface area contributed by atoms with Crippen molar-refractivity contribution in [3.05, 3.63) is 59.2 Å². The van der Waals surface area contributed by atoms with Crippen LogP contribution in [0.3, 0.4) is 0 Å². The van der Waals surface area contributed by atoms with Gasteiger partial charge in [0.05, 0.1) is 11.1 Å². The van der Waals surface area contributed by atoms with Crippen molar-refractivity contribution in [1.82, 2.24) is 0 Å². The monoisotopic (exact) mass is 242 g/mol. The first-order valence-corrected chi connectivity index (χ1v) is 5.78. The van der Waals surface area contributed by atoms with Crippen molar-refractivity contribution in [3.8, 4) is 11.5 Å². The lowest BCUT2D eigenvalue weighted by atomic mass is 9.95. The zero-order chi connectivity index (χ0) is 13.1. The van der Waals surface area contributed by atoms with E-state index in [4.69, 9.17) is 0 Å². The highest BCUT2D eigenvalue weighted by Crippen LogP contribution is 2.27. The molecule has 2 aromatic carbocycles. The van der Waals surface area contributed by atoms with Crippen LogP contribution in [0.2, 0.25) is 0 Å². The Hall–Kier alpha value is -2.29. The van der Waals surface area contributed by atoms with Gasteiger partial charge in [0.2, 0.25) is 5.78 Å². The van der Waals surface area contributed by atoms with Crippen LogP contribution in [0.15, 0.2) is 42.5 Å². The van der Waals surface area contributed by atoms with Crippen LogP contribution in [0.25, 0.3) is 0 Å². The van der Waals surface area contributed by atoms with E-state index in [1.165, 1.54) is 12.1 Å². The first-order valence-electron chi connectivity index (χ1n) is 5.78. The van der Waals surface area contributed by atoms with Crippen LogP contribution in [-0.4, -0.2) is 16.0 Å². The molecule has 0 fully saturated rings. The molecule has 0 saturated carbocycles. The van der Waals surface area contributed by atoms with E-state index < -0.39 is 0 Å². The summed E-state index contributed by atoms with van der Waals surface area (Å²) in [6.45, 7) is 1.91. The van der Waals surface area contributed by atoms with Crippen molar-refractivity contribution in [2.45, 2.75) is 13.3 Å². The van der Waals surface area contributed by atoms with Crippen LogP contribution in [0.1, 0.15) is 28.4 Å². The van der Waals surface area contributed by atoms with Crippen LogP contribution in [-0.2, 0) is 6.42 Å². The van der Waals surface area contributed by atoms with Crippen molar-refractivity contribution in [2.75, 3.05) is 0 Å². The van der Waals surface area contributed by atoms with Crippen molar-refractivity contribution in [1.29, 1.82) is 0 Å². The van der Waals surface area contributed by atoms with Gasteiger partial charge in [0.25, 0.3) is 0 Å². The zero-order valence-electron chi connectivity index (χ0n) is 10.1. The number of phenols is 2. The number of para-hydroxylation sites is 1. The third kappa shape index (κ3) is 2.07. The summed E-state index contributed by atoms with van der Waals surface area (Å²) in [4.78, 5) is 12.3. The molecule has 0 heterocycles. The lowest BCUT2D eigenvalue weighted by Gasteiger charge is -2.10. The molecule has 0 amide bonds. The number of aryl methyl sites for hydroxylation is 1. The predicted molar refractivity (Wildman–Crippen MR) is 69.0 cm³/mol. The third-order valence-corrected chi connectivity index (χ3v) is 2.89. The number of hydrogen-bond acceptors (Lipinski definition) is 3. The van der Waals surface area contributed by atoms with Gasteiger partial charge in [0, 0.05) is 0 Å². The molecule has 0 radical (unpaired) electrons. The van der Waals surface area contributed by atoms with Crippen molar-refractivity contribution in [2.24, 2.45) is 0 Å². The summed E-state index contributed by atoms with van der Waals surface area (Å²) in [7, 11) is 0. The molecule has 2 rings (SSSR count). The standard InChI is InChI=1S/C15H14O3/c1-2-10-6-5-9-13(17)14(10)15(18)11-7-3-4-8-12(11)16/h3-9,16-17H,2H2,1H3. The smallest absolute Gasteiger partial charge is 0.200 e. The van der Waals surface area contributed by atoms with Crippen LogP contribution >= 0.6 is 0 Å². The minimum Gasteiger partial charge on any atom is -0.507 e. The second-order valence-corrected chi connectivity index (χ2v) is 4.01. The quantitative estimate of drug-likeness (QED) is 0.814. The van der Waals surface area contributed by atoms with E-state index in [0.717, 1.165) is 5.56 Å². The highest BCUT2D eigenvalue weighted by Gasteiger charge is 2.19. The number of carbonyl (C=O) groups is 1. The predicted octanol–water partition coefficient (Wildman–Crippen LogP) is 2.89. The van der Waals surface area contributed by atoms with E-state index in [9.17, 15) is 15.0 Å². The Morgan fingerprint density at radius 2 is 1.67 bits per heavy atom. The van der Waals surface area contributed by atoms with E-state index in [0.29, 0.717) is 6.42 Å². The second kappa shape index (κ2) is 4.92. The van der Waals surface area contributed by atoms with Gasteiger partial charge in [-0.1, -0.05) is 31.2 Å². The summed E-state index contributed by atoms with van der Waals surface area (Å²) in [5.41, 5.74) is 1.23. The van der Waals surface area contributed by atoms with Gasteiger partial charge in [-0.25, -0.2) is 0 Å². The number of aromatic hydroxyl groups is 2. The molecule has 0 atom stereocenters. The molecular formula is C15H14O3. The third-order valence-electron chi connectivity index (χ3n) is 2.89. The summed E-state index contributed by atoms with van der Waals surface area (Å²) in [5.74, 6) is -0.488. The lowest BCUT2D eigenvalue weighted by Crippen LogP contribution is -2.05. The molecule has 0 aliphatic heterocycles. The van der Waals surface area contributed by atoms with E-state index in [1.54, 1.807) is 30.3 Å². The molecule has 0 bridgehead atoms. The number of hydrogen-bond donors (Lipinski definition) is 2. The highest BCUT2D eigenvalue weighted by molar-refractivity contribution is 6.13. The number of carbonyl (C=O) groups excluding carboxylic acids is 1. The number of rotatable bonds is 3. The van der Waals surface area contributed by atoms with Crippen molar-refractivity contribution in [3.63, 3.8) is 0 Å². The van der Waals surface area contributed by atoms with E-state index >= 15 is 0 Å². The maximum Gasteiger partial charge on any atom is 0.200 e. The molecule has 0 unspecified atom stereocenters. The van der Waals surface area contributed by atoms with Gasteiger partial charge >= 0.3 is 0 Å². The molecule has 3 nitrogen and oxygen atoms in total. The second-order valence-electron chi connectivity index (χ2n) is 4.01. The molecular weight excluding hydrogens is 228 g/mol. The fraction of sp³-hybridized carbons (Fsp3) is 0.133. The fourth-order valence-electron chi connectivity index (χ4n) is 1.94. The largest absolute Gasteiger partial charge is 0.507 e.